The van der Waals surface area contributed by atoms with E-state index in [1.807, 2.05) is 0 Å². The van der Waals surface area contributed by atoms with Crippen LogP contribution in [0.15, 0.2) is 28.7 Å². The third-order valence-electron chi connectivity index (χ3n) is 1.99. The van der Waals surface area contributed by atoms with Gasteiger partial charge in [0, 0.05) is 10.0 Å². The minimum atomic E-state index is -0.505. The monoisotopic (exact) mass is 318 g/mol. The summed E-state index contributed by atoms with van der Waals surface area (Å²) in [5.74, 6) is -0.505. The van der Waals surface area contributed by atoms with Crippen LogP contribution in [0.4, 0.5) is 4.39 Å². The molecule has 1 heterocycles. The van der Waals surface area contributed by atoms with Gasteiger partial charge in [-0.05, 0) is 40.2 Å². The van der Waals surface area contributed by atoms with E-state index in [1.165, 1.54) is 0 Å². The number of nitrogens with one attached hydrogen (secondary N) is 1. The number of nitrogens with zero attached hydrogens (tertiary/aromatic N) is 1. The van der Waals surface area contributed by atoms with Crippen LogP contribution in [0.5, 0.6) is 0 Å². The Morgan fingerprint density at radius 3 is 2.69 bits per heavy atom. The molecule has 0 unspecified atom stereocenters. The van der Waals surface area contributed by atoms with Gasteiger partial charge in [0.1, 0.15) is 4.64 Å². The molecule has 0 saturated carbocycles. The van der Waals surface area contributed by atoms with Crippen molar-refractivity contribution in [2.75, 3.05) is 0 Å². The maximum atomic E-state index is 13.8. The minimum Gasteiger partial charge on any atom is -0.267 e. The van der Waals surface area contributed by atoms with Crippen molar-refractivity contribution < 1.29 is 4.39 Å². The number of hydrogen-bond acceptors (Lipinski definition) is 2. The van der Waals surface area contributed by atoms with Gasteiger partial charge in [-0.25, -0.2) is 4.39 Å². The Morgan fingerprint density at radius 2 is 2.06 bits per heavy atom. The first-order chi connectivity index (χ1) is 7.59. The van der Waals surface area contributed by atoms with Crippen LogP contribution < -0.4 is 0 Å². The largest absolute Gasteiger partial charge is 0.267 e. The summed E-state index contributed by atoms with van der Waals surface area (Å²) in [5.41, 5.74) is 0.792. The molecule has 1 aromatic carbocycles. The molecule has 2 rings (SSSR count). The lowest BCUT2D eigenvalue weighted by Crippen LogP contribution is -1.91. The van der Waals surface area contributed by atoms with Gasteiger partial charge in [-0.3, -0.25) is 5.10 Å². The van der Waals surface area contributed by atoms with Crippen LogP contribution in [0.25, 0.3) is 11.3 Å². The number of aromatic nitrogens is 2. The van der Waals surface area contributed by atoms with Crippen LogP contribution in [-0.4, -0.2) is 10.2 Å². The lowest BCUT2D eigenvalue weighted by Gasteiger charge is -2.04. The lowest BCUT2D eigenvalue weighted by atomic mass is 10.1. The summed E-state index contributed by atoms with van der Waals surface area (Å²) in [6.07, 6.45) is 0. The molecule has 16 heavy (non-hydrogen) atoms. The molecule has 0 saturated heterocycles. The predicted octanol–water partition coefficient (Wildman–Crippen LogP) is 4.36. The van der Waals surface area contributed by atoms with Gasteiger partial charge < -0.3 is 0 Å². The molecule has 82 valence electrons. The van der Waals surface area contributed by atoms with Crippen LogP contribution in [0.2, 0.25) is 5.02 Å². The van der Waals surface area contributed by atoms with Gasteiger partial charge in [0.15, 0.2) is 5.82 Å². The quantitative estimate of drug-likeness (QED) is 0.625. The van der Waals surface area contributed by atoms with Gasteiger partial charge in [-0.1, -0.05) is 23.8 Å². The van der Waals surface area contributed by atoms with Crippen molar-refractivity contribution in [2.24, 2.45) is 0 Å². The minimum absolute atomic E-state index is 0.0433. The average Bonchev–Trinajstić information content (AvgIpc) is 2.28. The third kappa shape index (κ3) is 2.16. The first-order valence-electron chi connectivity index (χ1n) is 4.29. The van der Waals surface area contributed by atoms with E-state index in [1.54, 1.807) is 24.3 Å². The van der Waals surface area contributed by atoms with Crippen LogP contribution >= 0.6 is 39.7 Å². The molecule has 0 fully saturated rings. The molecule has 0 atom stereocenters. The molecule has 0 aliphatic carbocycles. The van der Waals surface area contributed by atoms with Gasteiger partial charge in [-0.15, -0.1) is 0 Å². The summed E-state index contributed by atoms with van der Waals surface area (Å²) >= 11 is 13.8. The number of H-pyrrole nitrogens is 1. The van der Waals surface area contributed by atoms with E-state index in [2.05, 4.69) is 26.1 Å². The molecular weight excluding hydrogens is 315 g/mol. The number of aromatic amines is 1. The molecule has 6 heteroatoms. The van der Waals surface area contributed by atoms with Crippen molar-refractivity contribution >= 4 is 39.7 Å². The maximum absolute atomic E-state index is 13.8. The summed E-state index contributed by atoms with van der Waals surface area (Å²) in [6.45, 7) is 0. The molecule has 0 amide bonds. The molecule has 0 aliphatic heterocycles. The van der Waals surface area contributed by atoms with E-state index in [9.17, 15) is 4.39 Å². The van der Waals surface area contributed by atoms with Crippen molar-refractivity contribution in [3.8, 4) is 11.3 Å². The molecule has 1 aromatic heterocycles. The fraction of sp³-hybridized carbons (Fsp3) is 0. The summed E-state index contributed by atoms with van der Waals surface area (Å²) in [6, 6.07) is 6.56. The van der Waals surface area contributed by atoms with Crippen LogP contribution in [0.3, 0.4) is 0 Å². The van der Waals surface area contributed by atoms with Gasteiger partial charge >= 0.3 is 0 Å². The fourth-order valence-electron chi connectivity index (χ4n) is 1.22. The predicted molar refractivity (Wildman–Crippen MR) is 67.5 cm³/mol. The number of rotatable bonds is 1. The van der Waals surface area contributed by atoms with E-state index in [-0.39, 0.29) is 5.02 Å². The standard InChI is InChI=1S/C10H5BrClFN2S/c11-6-2-1-5(10(13)9(6)12)7-3-4-8(16)15-14-7/h1-4H,(H,15,16). The van der Waals surface area contributed by atoms with E-state index in [0.717, 1.165) is 0 Å². The summed E-state index contributed by atoms with van der Waals surface area (Å²) in [7, 11) is 0. The second-order valence-corrected chi connectivity index (χ2v) is 4.70. The number of benzene rings is 1. The molecule has 0 radical (unpaired) electrons. The molecular formula is C10H5BrClFN2S. The topological polar surface area (TPSA) is 28.7 Å². The van der Waals surface area contributed by atoms with E-state index >= 15 is 0 Å². The second kappa shape index (κ2) is 4.61. The van der Waals surface area contributed by atoms with Crippen molar-refractivity contribution in [1.29, 1.82) is 0 Å². The van der Waals surface area contributed by atoms with E-state index in [4.69, 9.17) is 23.8 Å². The highest BCUT2D eigenvalue weighted by atomic mass is 79.9. The summed E-state index contributed by atoms with van der Waals surface area (Å²) in [4.78, 5) is 0. The average molecular weight is 320 g/mol. The van der Waals surface area contributed by atoms with Gasteiger partial charge in [0.25, 0.3) is 0 Å². The molecule has 0 aliphatic rings. The first-order valence-corrected chi connectivity index (χ1v) is 5.87. The Labute approximate surface area is 110 Å². The highest BCUT2D eigenvalue weighted by Gasteiger charge is 2.12. The number of halogens is 3. The molecule has 2 nitrogen and oxygen atoms in total. The van der Waals surface area contributed by atoms with Crippen molar-refractivity contribution in [1.82, 2.24) is 10.2 Å². The van der Waals surface area contributed by atoms with Crippen LogP contribution in [0.1, 0.15) is 0 Å². The smallest absolute Gasteiger partial charge is 0.152 e. The summed E-state index contributed by atoms with van der Waals surface area (Å²) < 4.78 is 14.8. The maximum Gasteiger partial charge on any atom is 0.152 e. The molecule has 2 aromatic rings. The van der Waals surface area contributed by atoms with Crippen LogP contribution in [0, 0.1) is 10.5 Å². The van der Waals surface area contributed by atoms with Crippen molar-refractivity contribution in [3.05, 3.63) is 44.2 Å². The van der Waals surface area contributed by atoms with Gasteiger partial charge in [0.05, 0.1) is 10.7 Å². The van der Waals surface area contributed by atoms with Crippen LogP contribution in [-0.2, 0) is 0 Å². The Kier molecular flexibility index (Phi) is 3.37. The molecule has 0 bridgehead atoms. The fourth-order valence-corrected chi connectivity index (χ4v) is 1.80. The SMILES string of the molecule is Fc1c(-c2ccc(=S)[nH]n2)ccc(Br)c1Cl. The Balaban J connectivity index is 2.61. The Hall–Kier alpha value is -0.780. The van der Waals surface area contributed by atoms with Gasteiger partial charge in [-0.2, -0.15) is 5.10 Å². The highest BCUT2D eigenvalue weighted by molar-refractivity contribution is 9.10. The van der Waals surface area contributed by atoms with Gasteiger partial charge in [0.2, 0.25) is 0 Å². The molecule has 1 N–H and O–H groups in total. The zero-order valence-electron chi connectivity index (χ0n) is 7.80. The normalized spacial score (nSPS) is 10.4. The highest BCUT2D eigenvalue weighted by Crippen LogP contribution is 2.31. The second-order valence-electron chi connectivity index (χ2n) is 3.03. The summed E-state index contributed by atoms with van der Waals surface area (Å²) in [5, 5.41) is 6.58. The van der Waals surface area contributed by atoms with Crippen molar-refractivity contribution in [3.63, 3.8) is 0 Å². The number of hydrogen-bond donors (Lipinski definition) is 1. The first kappa shape index (κ1) is 11.7. The van der Waals surface area contributed by atoms with E-state index < -0.39 is 5.82 Å². The lowest BCUT2D eigenvalue weighted by molar-refractivity contribution is 0.630. The molecule has 0 spiro atoms. The van der Waals surface area contributed by atoms with E-state index in [0.29, 0.717) is 20.4 Å². The Bertz CT molecular complexity index is 579. The Morgan fingerprint density at radius 1 is 1.31 bits per heavy atom. The zero-order valence-corrected chi connectivity index (χ0v) is 11.0. The zero-order chi connectivity index (χ0) is 11.7. The third-order valence-corrected chi connectivity index (χ3v) is 3.48. The van der Waals surface area contributed by atoms with Crippen molar-refractivity contribution in [2.45, 2.75) is 0 Å².